The van der Waals surface area contributed by atoms with Crippen molar-refractivity contribution < 1.29 is 23.4 Å². The maximum atomic E-state index is 13.4. The molecule has 4 aromatic rings. The van der Waals surface area contributed by atoms with E-state index in [0.29, 0.717) is 27.5 Å². The number of likely N-dealkylation sites (tertiary alicyclic amines) is 1. The van der Waals surface area contributed by atoms with Crippen molar-refractivity contribution in [1.82, 2.24) is 4.90 Å². The highest BCUT2D eigenvalue weighted by Crippen LogP contribution is 2.41. The van der Waals surface area contributed by atoms with Crippen molar-refractivity contribution in [1.29, 1.82) is 0 Å². The van der Waals surface area contributed by atoms with Gasteiger partial charge in [-0.25, -0.2) is 4.39 Å². The van der Waals surface area contributed by atoms with E-state index in [4.69, 9.17) is 4.74 Å². The number of rotatable bonds is 7. The Bertz CT molecular complexity index is 1310. The molecule has 1 aliphatic heterocycles. The van der Waals surface area contributed by atoms with Crippen molar-refractivity contribution in [3.05, 3.63) is 88.6 Å². The fourth-order valence-electron chi connectivity index (χ4n) is 4.20. The Hall–Kier alpha value is -3.29. The second-order valence-electron chi connectivity index (χ2n) is 8.73. The SMILES string of the molecule is Cc1cc(F)ccc1C(=O)c1sc2ccccc2c1Oc1ccc(O)cc1.FCCCN1CCCC1. The number of ketones is 1. The van der Waals surface area contributed by atoms with Gasteiger partial charge in [0.05, 0.1) is 6.67 Å². The number of aromatic hydroxyl groups is 1. The van der Waals surface area contributed by atoms with Gasteiger partial charge in [0.15, 0.2) is 5.75 Å². The summed E-state index contributed by atoms with van der Waals surface area (Å²) in [7, 11) is 0. The average Bonchev–Trinajstić information content (AvgIpc) is 3.52. The lowest BCUT2D eigenvalue weighted by Crippen LogP contribution is -2.20. The third-order valence-corrected chi connectivity index (χ3v) is 7.20. The van der Waals surface area contributed by atoms with Crippen LogP contribution in [0.15, 0.2) is 66.7 Å². The first-order valence-electron chi connectivity index (χ1n) is 12.0. The minimum atomic E-state index is -0.374. The van der Waals surface area contributed by atoms with Crippen molar-refractivity contribution >= 4 is 27.2 Å². The van der Waals surface area contributed by atoms with E-state index in [1.165, 1.54) is 67.6 Å². The number of ether oxygens (including phenoxy) is 1. The lowest BCUT2D eigenvalue weighted by molar-refractivity contribution is 0.104. The zero-order valence-corrected chi connectivity index (χ0v) is 21.0. The van der Waals surface area contributed by atoms with Crippen LogP contribution in [0.5, 0.6) is 17.2 Å². The van der Waals surface area contributed by atoms with Crippen molar-refractivity contribution in [2.75, 3.05) is 26.3 Å². The highest BCUT2D eigenvalue weighted by Gasteiger charge is 2.23. The molecule has 1 aliphatic rings. The van der Waals surface area contributed by atoms with Crippen LogP contribution in [0.1, 0.15) is 40.1 Å². The third kappa shape index (κ3) is 6.28. The molecule has 188 valence electrons. The molecule has 0 atom stereocenters. The Balaban J connectivity index is 0.000000286. The molecule has 0 unspecified atom stereocenters. The van der Waals surface area contributed by atoms with E-state index in [0.717, 1.165) is 23.1 Å². The number of carbonyl (C=O) groups is 1. The normalized spacial score (nSPS) is 13.4. The van der Waals surface area contributed by atoms with Crippen LogP contribution in [0.25, 0.3) is 10.1 Å². The van der Waals surface area contributed by atoms with Crippen LogP contribution in [0.2, 0.25) is 0 Å². The number of phenols is 1. The third-order valence-electron chi connectivity index (χ3n) is 6.05. The summed E-state index contributed by atoms with van der Waals surface area (Å²) in [5, 5.41) is 10.3. The fourth-order valence-corrected chi connectivity index (χ4v) is 5.28. The molecule has 1 fully saturated rings. The average molecular weight is 510 g/mol. The Morgan fingerprint density at radius 3 is 2.47 bits per heavy atom. The molecular formula is C29H29F2NO3S. The summed E-state index contributed by atoms with van der Waals surface area (Å²) in [5.74, 6) is 0.537. The molecular weight excluding hydrogens is 480 g/mol. The number of alkyl halides is 1. The van der Waals surface area contributed by atoms with Gasteiger partial charge in [-0.05, 0) is 99.4 Å². The fraction of sp³-hybridized carbons (Fsp3) is 0.276. The molecule has 0 spiro atoms. The highest BCUT2D eigenvalue weighted by molar-refractivity contribution is 7.21. The van der Waals surface area contributed by atoms with Crippen molar-refractivity contribution in [2.45, 2.75) is 26.2 Å². The van der Waals surface area contributed by atoms with Gasteiger partial charge >= 0.3 is 0 Å². The maximum absolute atomic E-state index is 13.4. The van der Waals surface area contributed by atoms with Crippen LogP contribution < -0.4 is 4.74 Å². The van der Waals surface area contributed by atoms with E-state index >= 15 is 0 Å². The van der Waals surface area contributed by atoms with Gasteiger partial charge < -0.3 is 14.7 Å². The van der Waals surface area contributed by atoms with Crippen LogP contribution in [-0.2, 0) is 0 Å². The molecule has 3 aromatic carbocycles. The summed E-state index contributed by atoms with van der Waals surface area (Å²) in [5.41, 5.74) is 1.02. The zero-order chi connectivity index (χ0) is 25.5. The number of aryl methyl sites for hydroxylation is 1. The second kappa shape index (κ2) is 12.1. The minimum Gasteiger partial charge on any atom is -0.508 e. The summed E-state index contributed by atoms with van der Waals surface area (Å²) in [6.07, 6.45) is 3.35. The number of benzene rings is 3. The summed E-state index contributed by atoms with van der Waals surface area (Å²) < 4.78 is 32.0. The van der Waals surface area contributed by atoms with Crippen LogP contribution >= 0.6 is 11.3 Å². The Morgan fingerprint density at radius 2 is 1.78 bits per heavy atom. The van der Waals surface area contributed by atoms with Gasteiger partial charge in [-0.3, -0.25) is 9.18 Å². The molecule has 0 amide bonds. The first-order valence-corrected chi connectivity index (χ1v) is 12.9. The Morgan fingerprint density at radius 1 is 1.06 bits per heavy atom. The molecule has 1 aromatic heterocycles. The topological polar surface area (TPSA) is 49.8 Å². The molecule has 5 rings (SSSR count). The van der Waals surface area contributed by atoms with Gasteiger partial charge in [-0.1, -0.05) is 12.1 Å². The number of nitrogens with zero attached hydrogens (tertiary/aromatic N) is 1. The molecule has 1 saturated heterocycles. The monoisotopic (exact) mass is 509 g/mol. The van der Waals surface area contributed by atoms with E-state index in [9.17, 15) is 18.7 Å². The van der Waals surface area contributed by atoms with Crippen LogP contribution in [0.3, 0.4) is 0 Å². The second-order valence-corrected chi connectivity index (χ2v) is 9.78. The smallest absolute Gasteiger partial charge is 0.207 e. The number of halogens is 2. The van der Waals surface area contributed by atoms with E-state index in [2.05, 4.69) is 4.90 Å². The number of carbonyl (C=O) groups excluding carboxylic acids is 1. The van der Waals surface area contributed by atoms with E-state index < -0.39 is 0 Å². The van der Waals surface area contributed by atoms with Crippen molar-refractivity contribution in [3.8, 4) is 17.2 Å². The largest absolute Gasteiger partial charge is 0.508 e. The first-order chi connectivity index (χ1) is 17.5. The Labute approximate surface area is 213 Å². The van der Waals surface area contributed by atoms with Crippen LogP contribution in [0, 0.1) is 12.7 Å². The zero-order valence-electron chi connectivity index (χ0n) is 20.2. The number of phenolic OH excluding ortho intramolecular Hbond substituents is 1. The molecule has 7 heteroatoms. The molecule has 0 bridgehead atoms. The number of hydrogen-bond acceptors (Lipinski definition) is 5. The minimum absolute atomic E-state index is 0.135. The van der Waals surface area contributed by atoms with Crippen LogP contribution in [0.4, 0.5) is 8.78 Å². The molecule has 2 heterocycles. The van der Waals surface area contributed by atoms with E-state index in [-0.39, 0.29) is 24.0 Å². The van der Waals surface area contributed by atoms with Crippen LogP contribution in [-0.4, -0.2) is 42.1 Å². The molecule has 0 radical (unpaired) electrons. The van der Waals surface area contributed by atoms with Crippen molar-refractivity contribution in [3.63, 3.8) is 0 Å². The van der Waals surface area contributed by atoms with E-state index in [1.54, 1.807) is 19.1 Å². The summed E-state index contributed by atoms with van der Waals surface area (Å²) in [6.45, 7) is 4.91. The maximum Gasteiger partial charge on any atom is 0.207 e. The summed E-state index contributed by atoms with van der Waals surface area (Å²) in [6, 6.07) is 18.1. The summed E-state index contributed by atoms with van der Waals surface area (Å²) in [4.78, 5) is 16.0. The van der Waals surface area contributed by atoms with Gasteiger partial charge in [0.2, 0.25) is 5.78 Å². The quantitative estimate of drug-likeness (QED) is 0.262. The highest BCUT2D eigenvalue weighted by atomic mass is 32.1. The lowest BCUT2D eigenvalue weighted by atomic mass is 10.0. The molecule has 0 saturated carbocycles. The standard InChI is InChI=1S/C22H15FO3S.C7H14FN/c1-13-12-14(23)6-11-17(13)20(25)22-21(18-4-2-3-5-19(18)27-22)26-16-9-7-15(24)8-10-16;8-4-3-7-9-5-1-2-6-9/h2-12,24H,1H3;1-7H2. The van der Waals surface area contributed by atoms with Crippen molar-refractivity contribution in [2.24, 2.45) is 0 Å². The first kappa shape index (κ1) is 25.8. The molecule has 1 N–H and O–H groups in total. The molecule has 36 heavy (non-hydrogen) atoms. The van der Waals surface area contributed by atoms with Gasteiger partial charge in [0, 0.05) is 22.2 Å². The Kier molecular flexibility index (Phi) is 8.67. The number of fused-ring (bicyclic) bond motifs is 1. The lowest BCUT2D eigenvalue weighted by Gasteiger charge is -2.11. The molecule has 4 nitrogen and oxygen atoms in total. The summed E-state index contributed by atoms with van der Waals surface area (Å²) >= 11 is 1.34. The molecule has 0 aliphatic carbocycles. The van der Waals surface area contributed by atoms with E-state index in [1.807, 2.05) is 24.3 Å². The van der Waals surface area contributed by atoms with Gasteiger partial charge in [-0.15, -0.1) is 11.3 Å². The van der Waals surface area contributed by atoms with Gasteiger partial charge in [0.1, 0.15) is 22.2 Å². The number of hydrogen-bond donors (Lipinski definition) is 1. The van der Waals surface area contributed by atoms with Gasteiger partial charge in [0.25, 0.3) is 0 Å². The predicted molar refractivity (Wildman–Crippen MR) is 141 cm³/mol. The predicted octanol–water partition coefficient (Wildman–Crippen LogP) is 7.52. The van der Waals surface area contributed by atoms with Gasteiger partial charge in [-0.2, -0.15) is 0 Å². The number of thiophene rings is 1.